The molecule has 3 rings (SSSR count). The van der Waals surface area contributed by atoms with Gasteiger partial charge in [0.05, 0.1) is 0 Å². The van der Waals surface area contributed by atoms with E-state index in [1.54, 1.807) is 0 Å². The average Bonchev–Trinajstić information content (AvgIpc) is 3.28. The predicted octanol–water partition coefficient (Wildman–Crippen LogP) is 2.73. The first-order valence-electron chi connectivity index (χ1n) is 8.21. The minimum Gasteiger partial charge on any atom is -0.357 e. The van der Waals surface area contributed by atoms with Crippen LogP contribution in [0, 0.1) is 11.8 Å². The Bertz CT molecular complexity index is 477. The van der Waals surface area contributed by atoms with Crippen LogP contribution in [0.15, 0.2) is 18.3 Å². The highest BCUT2D eigenvalue weighted by molar-refractivity contribution is 5.81. The van der Waals surface area contributed by atoms with Crippen molar-refractivity contribution in [3.8, 4) is 0 Å². The Morgan fingerprint density at radius 3 is 2.57 bits per heavy atom. The van der Waals surface area contributed by atoms with Gasteiger partial charge in [-0.2, -0.15) is 0 Å². The van der Waals surface area contributed by atoms with Crippen molar-refractivity contribution in [1.82, 2.24) is 10.3 Å². The molecule has 1 aliphatic heterocycles. The molecular formula is C17H25N3O. The van der Waals surface area contributed by atoms with Crippen LogP contribution in [0.1, 0.15) is 44.6 Å². The van der Waals surface area contributed by atoms with Gasteiger partial charge in [-0.1, -0.05) is 25.8 Å². The molecule has 2 fully saturated rings. The van der Waals surface area contributed by atoms with Crippen LogP contribution in [-0.2, 0) is 11.3 Å². The average molecular weight is 287 g/mol. The van der Waals surface area contributed by atoms with E-state index < -0.39 is 0 Å². The molecule has 0 bridgehead atoms. The molecule has 0 spiro atoms. The molecule has 4 heteroatoms. The van der Waals surface area contributed by atoms with Crippen LogP contribution in [0.5, 0.6) is 0 Å². The molecule has 0 aromatic carbocycles. The lowest BCUT2D eigenvalue weighted by molar-refractivity contribution is -0.122. The third-order valence-corrected chi connectivity index (χ3v) is 4.65. The number of rotatable bonds is 4. The second kappa shape index (κ2) is 6.46. The van der Waals surface area contributed by atoms with E-state index in [0.29, 0.717) is 12.5 Å². The van der Waals surface area contributed by atoms with E-state index in [1.807, 2.05) is 6.20 Å². The van der Waals surface area contributed by atoms with Crippen LogP contribution in [0.2, 0.25) is 0 Å². The van der Waals surface area contributed by atoms with Gasteiger partial charge in [-0.15, -0.1) is 0 Å². The summed E-state index contributed by atoms with van der Waals surface area (Å²) in [7, 11) is 0. The Hall–Kier alpha value is -1.58. The van der Waals surface area contributed by atoms with E-state index in [0.717, 1.165) is 30.9 Å². The fraction of sp³-hybridized carbons (Fsp3) is 0.647. The molecule has 1 N–H and O–H groups in total. The van der Waals surface area contributed by atoms with Crippen molar-refractivity contribution in [2.24, 2.45) is 11.8 Å². The first-order valence-corrected chi connectivity index (χ1v) is 8.21. The van der Waals surface area contributed by atoms with Crippen LogP contribution in [0.3, 0.4) is 0 Å². The summed E-state index contributed by atoms with van der Waals surface area (Å²) in [6, 6.07) is 4.18. The number of hydrogen-bond donors (Lipinski definition) is 1. The minimum absolute atomic E-state index is 0.194. The highest BCUT2D eigenvalue weighted by Gasteiger charge is 2.38. The van der Waals surface area contributed by atoms with Crippen LogP contribution >= 0.6 is 0 Å². The summed E-state index contributed by atoms with van der Waals surface area (Å²) < 4.78 is 0. The van der Waals surface area contributed by atoms with E-state index in [1.165, 1.54) is 25.7 Å². The largest absolute Gasteiger partial charge is 0.357 e. The smallest absolute Gasteiger partial charge is 0.223 e. The molecule has 0 radical (unpaired) electrons. The van der Waals surface area contributed by atoms with Gasteiger partial charge in [-0.25, -0.2) is 4.98 Å². The zero-order valence-electron chi connectivity index (χ0n) is 12.8. The molecular weight excluding hydrogens is 262 g/mol. The minimum atomic E-state index is 0.194. The number of anilines is 1. The molecule has 1 aromatic heterocycles. The van der Waals surface area contributed by atoms with Crippen LogP contribution < -0.4 is 10.2 Å². The topological polar surface area (TPSA) is 45.2 Å². The Kier molecular flexibility index (Phi) is 4.42. The van der Waals surface area contributed by atoms with Crippen molar-refractivity contribution >= 4 is 11.7 Å². The summed E-state index contributed by atoms with van der Waals surface area (Å²) in [4.78, 5) is 18.8. The first kappa shape index (κ1) is 14.4. The lowest BCUT2D eigenvalue weighted by Gasteiger charge is -2.21. The van der Waals surface area contributed by atoms with Crippen LogP contribution in [-0.4, -0.2) is 24.0 Å². The fourth-order valence-electron chi connectivity index (χ4n) is 3.02. The van der Waals surface area contributed by atoms with Gasteiger partial charge in [0.15, 0.2) is 0 Å². The Labute approximate surface area is 126 Å². The summed E-state index contributed by atoms with van der Waals surface area (Å²) in [6.07, 6.45) is 8.13. The lowest BCUT2D eigenvalue weighted by Crippen LogP contribution is -2.26. The van der Waals surface area contributed by atoms with Crippen molar-refractivity contribution < 1.29 is 4.79 Å². The second-order valence-electron chi connectivity index (χ2n) is 6.46. The molecule has 1 aromatic rings. The summed E-state index contributed by atoms with van der Waals surface area (Å²) in [6.45, 7) is 4.95. The van der Waals surface area contributed by atoms with Crippen molar-refractivity contribution in [3.63, 3.8) is 0 Å². The Morgan fingerprint density at radius 2 is 2.00 bits per heavy atom. The summed E-state index contributed by atoms with van der Waals surface area (Å²) >= 11 is 0. The number of nitrogens with zero attached hydrogens (tertiary/aromatic N) is 2. The fourth-order valence-corrected chi connectivity index (χ4v) is 3.02. The van der Waals surface area contributed by atoms with Gasteiger partial charge in [-0.05, 0) is 36.8 Å². The number of carbonyl (C=O) groups excluding carboxylic acids is 1. The summed E-state index contributed by atoms with van der Waals surface area (Å²) in [5.41, 5.74) is 1.08. The van der Waals surface area contributed by atoms with E-state index in [2.05, 4.69) is 34.3 Å². The van der Waals surface area contributed by atoms with Gasteiger partial charge in [0.1, 0.15) is 5.82 Å². The van der Waals surface area contributed by atoms with Crippen LogP contribution in [0.4, 0.5) is 5.82 Å². The molecule has 1 aliphatic carbocycles. The SMILES string of the molecule is C[C@H]1C[C@H]1C(=O)NCc1ccc(N2CCCCCC2)nc1. The molecule has 1 saturated carbocycles. The maximum atomic E-state index is 11.8. The van der Waals surface area contributed by atoms with E-state index in [4.69, 9.17) is 0 Å². The lowest BCUT2D eigenvalue weighted by atomic mass is 10.2. The van der Waals surface area contributed by atoms with Gasteiger partial charge >= 0.3 is 0 Å². The monoisotopic (exact) mass is 287 g/mol. The second-order valence-corrected chi connectivity index (χ2v) is 6.46. The number of carbonyl (C=O) groups is 1. The van der Waals surface area contributed by atoms with Gasteiger partial charge in [0.25, 0.3) is 0 Å². The summed E-state index contributed by atoms with van der Waals surface area (Å²) in [5, 5.41) is 3.01. The molecule has 2 atom stereocenters. The van der Waals surface area contributed by atoms with E-state index >= 15 is 0 Å². The molecule has 114 valence electrons. The Morgan fingerprint density at radius 1 is 1.29 bits per heavy atom. The number of aromatic nitrogens is 1. The summed E-state index contributed by atoms with van der Waals surface area (Å²) in [5.74, 6) is 2.07. The number of pyridine rings is 1. The first-order chi connectivity index (χ1) is 10.2. The number of nitrogens with one attached hydrogen (secondary N) is 1. The molecule has 1 saturated heterocycles. The molecule has 2 heterocycles. The van der Waals surface area contributed by atoms with Gasteiger partial charge in [0, 0.05) is 31.7 Å². The van der Waals surface area contributed by atoms with Gasteiger partial charge in [-0.3, -0.25) is 4.79 Å². The zero-order chi connectivity index (χ0) is 14.7. The molecule has 0 unspecified atom stereocenters. The van der Waals surface area contributed by atoms with Crippen molar-refractivity contribution in [2.45, 2.75) is 45.6 Å². The van der Waals surface area contributed by atoms with Crippen LogP contribution in [0.25, 0.3) is 0 Å². The van der Waals surface area contributed by atoms with Crippen molar-refractivity contribution in [2.75, 3.05) is 18.0 Å². The van der Waals surface area contributed by atoms with Gasteiger partial charge < -0.3 is 10.2 Å². The highest BCUT2D eigenvalue weighted by Crippen LogP contribution is 2.37. The van der Waals surface area contributed by atoms with Crippen molar-refractivity contribution in [1.29, 1.82) is 0 Å². The molecule has 4 nitrogen and oxygen atoms in total. The maximum absolute atomic E-state index is 11.8. The highest BCUT2D eigenvalue weighted by atomic mass is 16.2. The number of hydrogen-bond acceptors (Lipinski definition) is 3. The number of amides is 1. The third-order valence-electron chi connectivity index (χ3n) is 4.65. The quantitative estimate of drug-likeness (QED) is 0.926. The van der Waals surface area contributed by atoms with Gasteiger partial charge in [0.2, 0.25) is 5.91 Å². The Balaban J connectivity index is 1.52. The molecule has 2 aliphatic rings. The van der Waals surface area contributed by atoms with Crippen molar-refractivity contribution in [3.05, 3.63) is 23.9 Å². The zero-order valence-corrected chi connectivity index (χ0v) is 12.8. The standard InChI is InChI=1S/C17H25N3O/c1-13-10-15(13)17(21)19-12-14-6-7-16(18-11-14)20-8-4-2-3-5-9-20/h6-7,11,13,15H,2-5,8-10,12H2,1H3,(H,19,21)/t13-,15+/m0/s1. The maximum Gasteiger partial charge on any atom is 0.223 e. The normalized spacial score (nSPS) is 25.3. The molecule has 21 heavy (non-hydrogen) atoms. The van der Waals surface area contributed by atoms with E-state index in [9.17, 15) is 4.79 Å². The predicted molar refractivity (Wildman–Crippen MR) is 84.0 cm³/mol. The third kappa shape index (κ3) is 3.74. The van der Waals surface area contributed by atoms with E-state index in [-0.39, 0.29) is 11.8 Å². The molecule has 1 amide bonds.